The number of aliphatic hydroxyl groups is 1. The van der Waals surface area contributed by atoms with Crippen LogP contribution >= 0.6 is 15.9 Å². The third-order valence-electron chi connectivity index (χ3n) is 3.05. The van der Waals surface area contributed by atoms with Crippen molar-refractivity contribution in [2.24, 2.45) is 0 Å². The molecule has 1 unspecified atom stereocenters. The Morgan fingerprint density at radius 3 is 2.71 bits per heavy atom. The zero-order valence-electron chi connectivity index (χ0n) is 11.1. The predicted octanol–water partition coefficient (Wildman–Crippen LogP) is 3.36. The Kier molecular flexibility index (Phi) is 4.67. The van der Waals surface area contributed by atoms with Gasteiger partial charge in [-0.25, -0.2) is 4.98 Å². The van der Waals surface area contributed by atoms with Gasteiger partial charge in [0.2, 0.25) is 0 Å². The van der Waals surface area contributed by atoms with Crippen molar-refractivity contribution in [1.82, 2.24) is 14.8 Å². The van der Waals surface area contributed by atoms with Crippen LogP contribution in [0.4, 0.5) is 13.2 Å². The van der Waals surface area contributed by atoms with Gasteiger partial charge >= 0.3 is 6.18 Å². The molecule has 0 aliphatic rings. The monoisotopic (exact) mass is 363 g/mol. The first-order valence-corrected chi connectivity index (χ1v) is 7.03. The van der Waals surface area contributed by atoms with Gasteiger partial charge in [-0.05, 0) is 30.7 Å². The van der Waals surface area contributed by atoms with E-state index in [0.29, 0.717) is 16.8 Å². The lowest BCUT2D eigenvalue weighted by atomic mass is 10.0. The Morgan fingerprint density at radius 2 is 2.10 bits per heavy atom. The summed E-state index contributed by atoms with van der Waals surface area (Å²) in [5.41, 5.74) is -0.618. The van der Waals surface area contributed by atoms with Crippen molar-refractivity contribution in [1.29, 1.82) is 0 Å². The van der Waals surface area contributed by atoms with Gasteiger partial charge in [0.05, 0.1) is 11.7 Å². The zero-order chi connectivity index (χ0) is 15.6. The summed E-state index contributed by atoms with van der Waals surface area (Å²) in [6.07, 6.45) is -4.10. The smallest absolute Gasteiger partial charge is 0.388 e. The molecule has 0 aliphatic heterocycles. The van der Waals surface area contributed by atoms with Gasteiger partial charge in [-0.3, -0.25) is 4.68 Å². The van der Waals surface area contributed by atoms with Gasteiger partial charge < -0.3 is 5.11 Å². The average Bonchev–Trinajstić information content (AvgIpc) is 2.84. The quantitative estimate of drug-likeness (QED) is 0.905. The van der Waals surface area contributed by atoms with E-state index in [4.69, 9.17) is 0 Å². The van der Waals surface area contributed by atoms with Crippen LogP contribution in [0.15, 0.2) is 29.0 Å². The number of aliphatic hydroxyl groups excluding tert-OH is 1. The van der Waals surface area contributed by atoms with Crippen LogP contribution in [0.5, 0.6) is 0 Å². The second kappa shape index (κ2) is 6.15. The van der Waals surface area contributed by atoms with Crippen LogP contribution in [0, 0.1) is 0 Å². The molecule has 1 atom stereocenters. The fraction of sp³-hybridized carbons (Fsp3) is 0.385. The maximum absolute atomic E-state index is 12.7. The van der Waals surface area contributed by atoms with E-state index in [1.165, 1.54) is 12.4 Å². The van der Waals surface area contributed by atoms with Crippen molar-refractivity contribution in [3.63, 3.8) is 0 Å². The van der Waals surface area contributed by atoms with Gasteiger partial charge in [0.15, 0.2) is 0 Å². The number of hydrogen-bond donors (Lipinski definition) is 1. The maximum Gasteiger partial charge on any atom is 0.416 e. The standard InChI is InChI=1S/C13H13BrF3N3O/c1-2-20-12(18-7-19-20)6-11(21)9-5-8(13(15,16)17)3-4-10(9)14/h3-5,7,11,21H,2,6H2,1H3. The average molecular weight is 364 g/mol. The molecule has 0 saturated carbocycles. The number of nitrogens with zero attached hydrogens (tertiary/aromatic N) is 3. The molecule has 21 heavy (non-hydrogen) atoms. The van der Waals surface area contributed by atoms with Crippen LogP contribution in [0.25, 0.3) is 0 Å². The highest BCUT2D eigenvalue weighted by molar-refractivity contribution is 9.10. The van der Waals surface area contributed by atoms with Crippen LogP contribution in [-0.2, 0) is 19.1 Å². The predicted molar refractivity (Wildman–Crippen MR) is 73.5 cm³/mol. The highest BCUT2D eigenvalue weighted by Crippen LogP contribution is 2.34. The summed E-state index contributed by atoms with van der Waals surface area (Å²) in [5.74, 6) is 0.523. The molecule has 114 valence electrons. The first-order valence-electron chi connectivity index (χ1n) is 6.24. The van der Waals surface area contributed by atoms with Crippen molar-refractivity contribution in [2.75, 3.05) is 0 Å². The SMILES string of the molecule is CCn1ncnc1CC(O)c1cc(C(F)(F)F)ccc1Br. The molecule has 1 aromatic carbocycles. The molecular formula is C13H13BrF3N3O. The van der Waals surface area contributed by atoms with Crippen molar-refractivity contribution in [3.05, 3.63) is 46.0 Å². The number of halogens is 4. The summed E-state index contributed by atoms with van der Waals surface area (Å²) in [5, 5.41) is 14.2. The molecule has 1 heterocycles. The minimum Gasteiger partial charge on any atom is -0.388 e. The molecule has 1 N–H and O–H groups in total. The van der Waals surface area contributed by atoms with Crippen LogP contribution in [0.2, 0.25) is 0 Å². The third kappa shape index (κ3) is 3.62. The molecule has 0 saturated heterocycles. The molecule has 8 heteroatoms. The van der Waals surface area contributed by atoms with Crippen molar-refractivity contribution in [2.45, 2.75) is 32.2 Å². The Hall–Kier alpha value is -1.41. The summed E-state index contributed by atoms with van der Waals surface area (Å²) in [4.78, 5) is 4.01. The van der Waals surface area contributed by atoms with E-state index in [1.54, 1.807) is 4.68 Å². The van der Waals surface area contributed by atoms with E-state index in [1.807, 2.05) is 6.92 Å². The minimum atomic E-state index is -4.45. The van der Waals surface area contributed by atoms with E-state index in [0.717, 1.165) is 12.1 Å². The normalized spacial score (nSPS) is 13.4. The van der Waals surface area contributed by atoms with Gasteiger partial charge in [-0.1, -0.05) is 15.9 Å². The van der Waals surface area contributed by atoms with Gasteiger partial charge in [0.1, 0.15) is 12.2 Å². The largest absolute Gasteiger partial charge is 0.416 e. The van der Waals surface area contributed by atoms with Crippen molar-refractivity contribution >= 4 is 15.9 Å². The molecule has 0 aliphatic carbocycles. The molecule has 1 aromatic heterocycles. The summed E-state index contributed by atoms with van der Waals surface area (Å²) in [6, 6.07) is 3.20. The van der Waals surface area contributed by atoms with E-state index in [2.05, 4.69) is 26.0 Å². The fourth-order valence-electron chi connectivity index (χ4n) is 1.97. The van der Waals surface area contributed by atoms with Crippen molar-refractivity contribution in [3.8, 4) is 0 Å². The van der Waals surface area contributed by atoms with Gasteiger partial charge in [-0.2, -0.15) is 18.3 Å². The van der Waals surface area contributed by atoms with Gasteiger partial charge in [0, 0.05) is 17.4 Å². The molecule has 0 bridgehead atoms. The summed E-state index contributed by atoms with van der Waals surface area (Å²) >= 11 is 3.17. The van der Waals surface area contributed by atoms with Crippen LogP contribution in [-0.4, -0.2) is 19.9 Å². The fourth-order valence-corrected chi connectivity index (χ4v) is 2.48. The molecule has 0 spiro atoms. The van der Waals surface area contributed by atoms with Crippen LogP contribution in [0.3, 0.4) is 0 Å². The summed E-state index contributed by atoms with van der Waals surface area (Å²) in [6.45, 7) is 2.44. The number of aryl methyl sites for hydroxylation is 1. The Balaban J connectivity index is 2.28. The zero-order valence-corrected chi connectivity index (χ0v) is 12.7. The second-order valence-electron chi connectivity index (χ2n) is 4.45. The molecule has 0 fully saturated rings. The Morgan fingerprint density at radius 1 is 1.38 bits per heavy atom. The molecule has 2 aromatic rings. The van der Waals surface area contributed by atoms with Gasteiger partial charge in [0.25, 0.3) is 0 Å². The maximum atomic E-state index is 12.7. The van der Waals surface area contributed by atoms with E-state index >= 15 is 0 Å². The first-order chi connectivity index (χ1) is 9.82. The minimum absolute atomic E-state index is 0.0910. The number of hydrogen-bond acceptors (Lipinski definition) is 3. The van der Waals surface area contributed by atoms with Crippen LogP contribution < -0.4 is 0 Å². The lowest BCUT2D eigenvalue weighted by molar-refractivity contribution is -0.137. The molecule has 4 nitrogen and oxygen atoms in total. The number of aromatic nitrogens is 3. The highest BCUT2D eigenvalue weighted by Gasteiger charge is 2.31. The molecule has 0 amide bonds. The van der Waals surface area contributed by atoms with Gasteiger partial charge in [-0.15, -0.1) is 0 Å². The van der Waals surface area contributed by atoms with E-state index < -0.39 is 17.8 Å². The Bertz CT molecular complexity index is 627. The number of alkyl halides is 3. The lowest BCUT2D eigenvalue weighted by Crippen LogP contribution is -2.12. The summed E-state index contributed by atoms with van der Waals surface area (Å²) in [7, 11) is 0. The number of rotatable bonds is 4. The number of benzene rings is 1. The first kappa shape index (κ1) is 16.0. The molecular weight excluding hydrogens is 351 g/mol. The van der Waals surface area contributed by atoms with Crippen molar-refractivity contribution < 1.29 is 18.3 Å². The van der Waals surface area contributed by atoms with E-state index in [9.17, 15) is 18.3 Å². The topological polar surface area (TPSA) is 50.9 Å². The highest BCUT2D eigenvalue weighted by atomic mass is 79.9. The third-order valence-corrected chi connectivity index (χ3v) is 3.78. The van der Waals surface area contributed by atoms with Crippen LogP contribution in [0.1, 0.15) is 30.0 Å². The molecule has 2 rings (SSSR count). The Labute approximate surface area is 127 Å². The van der Waals surface area contributed by atoms with E-state index in [-0.39, 0.29) is 12.0 Å². The lowest BCUT2D eigenvalue weighted by Gasteiger charge is -2.15. The molecule has 0 radical (unpaired) electrons. The second-order valence-corrected chi connectivity index (χ2v) is 5.30. The summed E-state index contributed by atoms with van der Waals surface area (Å²) < 4.78 is 40.2.